The Hall–Kier alpha value is -3.82. The fourth-order valence-electron chi connectivity index (χ4n) is 6.99. The highest BCUT2D eigenvalue weighted by atomic mass is 16.5. The molecule has 2 aliphatic heterocycles. The monoisotopic (exact) mass is 547 g/mol. The quantitative estimate of drug-likeness (QED) is 0.305. The zero-order valence-corrected chi connectivity index (χ0v) is 22.5. The SMILES string of the molecule is COc1cc([C@@H]2COc3cc4c5c(c3[C@H]2O)CCc2c(OC)cc(O)c(c2-5)[C@@H](O)N4)cc(OC2CCCC2)c1O. The van der Waals surface area contributed by atoms with Crippen LogP contribution in [0.1, 0.15) is 71.8 Å². The molecule has 2 heterocycles. The van der Waals surface area contributed by atoms with E-state index in [2.05, 4.69) is 5.32 Å². The Morgan fingerprint density at radius 3 is 2.33 bits per heavy atom. The standard InChI is InChI=1S/C31H33NO8/c1-37-21-12-20(33)28-27-16(21)7-8-17-25(27)19(32-31(28)36)11-22-26(17)29(34)18(13-39-22)14-9-23(38-2)30(35)24(10-14)40-15-5-3-4-6-15/h9-12,15,18,29,31-36H,3-8,13H2,1-2H3/t18-,29-,31+/m0/s1. The minimum Gasteiger partial charge on any atom is -0.507 e. The highest BCUT2D eigenvalue weighted by Gasteiger charge is 2.41. The molecule has 3 aromatic rings. The molecule has 0 saturated heterocycles. The van der Waals surface area contributed by atoms with Crippen molar-refractivity contribution in [3.8, 4) is 45.6 Å². The van der Waals surface area contributed by atoms with Gasteiger partial charge in [0.15, 0.2) is 17.7 Å². The fourth-order valence-corrected chi connectivity index (χ4v) is 6.99. The van der Waals surface area contributed by atoms with Gasteiger partial charge in [-0.05, 0) is 61.8 Å². The molecule has 2 aliphatic carbocycles. The summed E-state index contributed by atoms with van der Waals surface area (Å²) in [7, 11) is 3.06. The van der Waals surface area contributed by atoms with Crippen molar-refractivity contribution in [3.63, 3.8) is 0 Å². The van der Waals surface area contributed by atoms with E-state index in [4.69, 9.17) is 18.9 Å². The summed E-state index contributed by atoms with van der Waals surface area (Å²) in [5, 5.41) is 47.5. The van der Waals surface area contributed by atoms with Crippen molar-refractivity contribution in [1.82, 2.24) is 0 Å². The Morgan fingerprint density at radius 2 is 1.57 bits per heavy atom. The Balaban J connectivity index is 1.34. The highest BCUT2D eigenvalue weighted by Crippen LogP contribution is 2.57. The molecule has 0 spiro atoms. The van der Waals surface area contributed by atoms with Crippen LogP contribution >= 0.6 is 0 Å². The molecule has 0 radical (unpaired) electrons. The Morgan fingerprint density at radius 1 is 0.850 bits per heavy atom. The Labute approximate surface area is 231 Å². The predicted molar refractivity (Wildman–Crippen MR) is 147 cm³/mol. The van der Waals surface area contributed by atoms with Crippen LogP contribution in [0.15, 0.2) is 24.3 Å². The van der Waals surface area contributed by atoms with Gasteiger partial charge in [-0.1, -0.05) is 0 Å². The topological polar surface area (TPSA) is 130 Å². The second-order valence-electron chi connectivity index (χ2n) is 11.1. The molecule has 1 fully saturated rings. The number of phenolic OH excluding ortho intramolecular Hbond substituents is 2. The van der Waals surface area contributed by atoms with E-state index >= 15 is 0 Å². The predicted octanol–water partition coefficient (Wildman–Crippen LogP) is 4.83. The summed E-state index contributed by atoms with van der Waals surface area (Å²) in [5.41, 5.74) is 5.95. The van der Waals surface area contributed by atoms with Crippen LogP contribution in [0.5, 0.6) is 34.5 Å². The first kappa shape index (κ1) is 25.2. The molecule has 0 unspecified atom stereocenters. The van der Waals surface area contributed by atoms with Crippen molar-refractivity contribution < 1.29 is 39.4 Å². The van der Waals surface area contributed by atoms with E-state index in [0.717, 1.165) is 53.5 Å². The van der Waals surface area contributed by atoms with Crippen LogP contribution in [-0.2, 0) is 12.8 Å². The van der Waals surface area contributed by atoms with Crippen molar-refractivity contribution >= 4 is 5.69 Å². The summed E-state index contributed by atoms with van der Waals surface area (Å²) < 4.78 is 23.5. The molecule has 9 heteroatoms. The van der Waals surface area contributed by atoms with E-state index in [1.807, 2.05) is 6.07 Å². The number of hydrogen-bond acceptors (Lipinski definition) is 9. The molecule has 0 amide bonds. The largest absolute Gasteiger partial charge is 0.507 e. The third kappa shape index (κ3) is 3.68. The number of anilines is 1. The third-order valence-corrected chi connectivity index (χ3v) is 8.91. The minimum absolute atomic E-state index is 0.0422. The summed E-state index contributed by atoms with van der Waals surface area (Å²) >= 11 is 0. The first-order valence-corrected chi connectivity index (χ1v) is 13.9. The van der Waals surface area contributed by atoms with Crippen LogP contribution in [-0.4, -0.2) is 47.4 Å². The molecule has 40 heavy (non-hydrogen) atoms. The smallest absolute Gasteiger partial charge is 0.200 e. The van der Waals surface area contributed by atoms with Gasteiger partial charge in [0.2, 0.25) is 5.75 Å². The number of aliphatic hydroxyl groups is 2. The van der Waals surface area contributed by atoms with Gasteiger partial charge in [-0.3, -0.25) is 0 Å². The maximum atomic E-state index is 11.9. The van der Waals surface area contributed by atoms with Crippen LogP contribution in [0, 0.1) is 0 Å². The van der Waals surface area contributed by atoms with E-state index in [9.17, 15) is 20.4 Å². The van der Waals surface area contributed by atoms with Crippen LogP contribution in [0.25, 0.3) is 11.1 Å². The molecule has 0 aromatic heterocycles. The molecule has 4 aliphatic rings. The molecule has 5 N–H and O–H groups in total. The van der Waals surface area contributed by atoms with Gasteiger partial charge >= 0.3 is 0 Å². The van der Waals surface area contributed by atoms with Crippen LogP contribution < -0.4 is 24.3 Å². The van der Waals surface area contributed by atoms with Crippen LogP contribution in [0.4, 0.5) is 5.69 Å². The van der Waals surface area contributed by atoms with E-state index < -0.39 is 18.2 Å². The molecular weight excluding hydrogens is 514 g/mol. The van der Waals surface area contributed by atoms with Crippen molar-refractivity contribution in [1.29, 1.82) is 0 Å². The average Bonchev–Trinajstić information content (AvgIpc) is 3.46. The number of aliphatic hydroxyl groups excluding tert-OH is 2. The number of nitrogens with one attached hydrogen (secondary N) is 1. The van der Waals surface area contributed by atoms with Gasteiger partial charge in [-0.25, -0.2) is 0 Å². The number of hydrogen-bond donors (Lipinski definition) is 5. The van der Waals surface area contributed by atoms with Crippen molar-refractivity contribution in [2.24, 2.45) is 0 Å². The summed E-state index contributed by atoms with van der Waals surface area (Å²) in [6, 6.07) is 6.89. The van der Waals surface area contributed by atoms with Crippen LogP contribution in [0.3, 0.4) is 0 Å². The summed E-state index contributed by atoms with van der Waals surface area (Å²) in [4.78, 5) is 0. The first-order valence-electron chi connectivity index (χ1n) is 13.9. The molecule has 0 bridgehead atoms. The minimum atomic E-state index is -1.10. The second-order valence-corrected chi connectivity index (χ2v) is 11.1. The van der Waals surface area contributed by atoms with Crippen molar-refractivity contribution in [2.45, 2.75) is 62.9 Å². The normalized spacial score (nSPS) is 22.6. The molecule has 3 atom stereocenters. The van der Waals surface area contributed by atoms with Gasteiger partial charge in [-0.2, -0.15) is 0 Å². The molecule has 1 saturated carbocycles. The van der Waals surface area contributed by atoms with Crippen molar-refractivity contribution in [2.75, 3.05) is 26.1 Å². The molecule has 3 aromatic carbocycles. The van der Waals surface area contributed by atoms with E-state index in [-0.39, 0.29) is 30.0 Å². The molecule has 7 rings (SSSR count). The number of fused-ring (bicyclic) bond motifs is 2. The first-order chi connectivity index (χ1) is 19.4. The number of ether oxygens (including phenoxy) is 4. The number of rotatable bonds is 5. The number of methoxy groups -OCH3 is 2. The third-order valence-electron chi connectivity index (χ3n) is 8.91. The van der Waals surface area contributed by atoms with Gasteiger partial charge in [-0.15, -0.1) is 0 Å². The summed E-state index contributed by atoms with van der Waals surface area (Å²) in [6.45, 7) is 0.211. The lowest BCUT2D eigenvalue weighted by Crippen LogP contribution is -2.29. The average molecular weight is 548 g/mol. The Kier molecular flexibility index (Phi) is 5.90. The van der Waals surface area contributed by atoms with Gasteiger partial charge in [0, 0.05) is 46.0 Å². The molecule has 210 valence electrons. The maximum absolute atomic E-state index is 11.9. The lowest BCUT2D eigenvalue weighted by Gasteiger charge is -2.39. The maximum Gasteiger partial charge on any atom is 0.200 e. The number of aromatic hydroxyl groups is 2. The number of phenols is 2. The second kappa shape index (κ2) is 9.38. The van der Waals surface area contributed by atoms with Gasteiger partial charge < -0.3 is 44.7 Å². The lowest BCUT2D eigenvalue weighted by molar-refractivity contribution is 0.0876. The van der Waals surface area contributed by atoms with Gasteiger partial charge in [0.1, 0.15) is 17.2 Å². The number of benzene rings is 3. The van der Waals surface area contributed by atoms with Crippen molar-refractivity contribution in [3.05, 3.63) is 52.1 Å². The lowest BCUT2D eigenvalue weighted by atomic mass is 9.74. The van der Waals surface area contributed by atoms with E-state index in [1.165, 1.54) is 7.11 Å². The van der Waals surface area contributed by atoms with E-state index in [0.29, 0.717) is 46.9 Å². The zero-order valence-electron chi connectivity index (χ0n) is 22.5. The van der Waals surface area contributed by atoms with E-state index in [1.54, 1.807) is 25.3 Å². The van der Waals surface area contributed by atoms with Gasteiger partial charge in [0.05, 0.1) is 38.6 Å². The Bertz CT molecular complexity index is 1510. The van der Waals surface area contributed by atoms with Crippen LogP contribution in [0.2, 0.25) is 0 Å². The highest BCUT2D eigenvalue weighted by molar-refractivity contribution is 5.93. The summed E-state index contributed by atoms with van der Waals surface area (Å²) in [5.74, 6) is 1.23. The fraction of sp³-hybridized carbons (Fsp3) is 0.419. The summed E-state index contributed by atoms with van der Waals surface area (Å²) in [6.07, 6.45) is 3.35. The molecule has 9 nitrogen and oxygen atoms in total. The molecular formula is C31H33NO8. The zero-order chi connectivity index (χ0) is 27.7. The van der Waals surface area contributed by atoms with Gasteiger partial charge in [0.25, 0.3) is 0 Å².